The van der Waals surface area contributed by atoms with Gasteiger partial charge >= 0.3 is 11.9 Å². The Morgan fingerprint density at radius 1 is 0.494 bits per heavy atom. The average molecular weight is 1110 g/mol. The summed E-state index contributed by atoms with van der Waals surface area (Å²) in [5.74, 6) is -3.48. The van der Waals surface area contributed by atoms with Crippen LogP contribution in [-0.2, 0) is 52.2 Å². The minimum atomic E-state index is -1.94. The molecule has 4 aliphatic carbocycles. The number of hydrogen-bond donors (Lipinski definition) is 15. The minimum Gasteiger partial charge on any atom is -0.454 e. The van der Waals surface area contributed by atoms with Gasteiger partial charge in [0.2, 0.25) is 0 Å². The maximum Gasteiger partial charge on any atom is 0.330 e. The second kappa shape index (κ2) is 26.6. The van der Waals surface area contributed by atoms with Gasteiger partial charge in [0.1, 0.15) is 61.0 Å². The summed E-state index contributed by atoms with van der Waals surface area (Å²) in [7, 11) is 0. The van der Waals surface area contributed by atoms with Crippen molar-refractivity contribution in [2.45, 2.75) is 243 Å². The van der Waals surface area contributed by atoms with Crippen LogP contribution >= 0.6 is 0 Å². The first kappa shape index (κ1) is 60.6. The molecule has 4 heterocycles. The Balaban J connectivity index is 0.954. The molecule has 26 atom stereocenters. The van der Waals surface area contributed by atoms with Crippen LogP contribution in [0, 0.1) is 23.7 Å². The Kier molecular flexibility index (Phi) is 21.0. The van der Waals surface area contributed by atoms with Crippen LogP contribution in [0.3, 0.4) is 0 Å². The third kappa shape index (κ3) is 14.4. The van der Waals surface area contributed by atoms with Gasteiger partial charge in [-0.05, 0) is 95.3 Å². The lowest BCUT2D eigenvalue weighted by Gasteiger charge is -2.53. The lowest BCUT2D eigenvalue weighted by molar-refractivity contribution is -0.352. The number of esters is 2. The molecule has 440 valence electrons. The summed E-state index contributed by atoms with van der Waals surface area (Å²) in [5, 5.41) is 161. The quantitative estimate of drug-likeness (QED) is 0.0539. The van der Waals surface area contributed by atoms with Crippen molar-refractivity contribution in [3.05, 3.63) is 24.3 Å². The van der Waals surface area contributed by atoms with Crippen molar-refractivity contribution < 1.29 is 129 Å². The molecule has 8 rings (SSSR count). The van der Waals surface area contributed by atoms with Crippen molar-refractivity contribution in [1.29, 1.82) is 0 Å². The molecule has 0 aromatic carbocycles. The fraction of sp³-hybridized carbons (Fsp3) is 0.882. The Morgan fingerprint density at radius 2 is 1.08 bits per heavy atom. The zero-order valence-electron chi connectivity index (χ0n) is 42.7. The predicted octanol–water partition coefficient (Wildman–Crippen LogP) is -5.08. The molecule has 0 aromatic rings. The third-order valence-electron chi connectivity index (χ3n) is 16.9. The number of carbonyl (C=O) groups is 2. The van der Waals surface area contributed by atoms with Crippen molar-refractivity contribution in [2.24, 2.45) is 23.7 Å². The van der Waals surface area contributed by atoms with E-state index in [0.29, 0.717) is 38.5 Å². The summed E-state index contributed by atoms with van der Waals surface area (Å²) in [5.41, 5.74) is 0. The van der Waals surface area contributed by atoms with Crippen LogP contribution in [0.1, 0.15) is 84.0 Å². The smallest absolute Gasteiger partial charge is 0.330 e. The summed E-state index contributed by atoms with van der Waals surface area (Å²) < 4.78 is 54.2. The molecule has 4 saturated carbocycles. The molecule has 26 nitrogen and oxygen atoms in total. The lowest BCUT2D eigenvalue weighted by Crippen LogP contribution is -2.64. The highest BCUT2D eigenvalue weighted by Crippen LogP contribution is 2.45. The van der Waals surface area contributed by atoms with Crippen molar-refractivity contribution in [1.82, 2.24) is 0 Å². The normalized spacial score (nSPS) is 50.0. The molecule has 0 amide bonds. The molecule has 0 spiro atoms. The largest absolute Gasteiger partial charge is 0.454 e. The van der Waals surface area contributed by atoms with Crippen LogP contribution in [0.4, 0.5) is 0 Å². The van der Waals surface area contributed by atoms with E-state index in [1.54, 1.807) is 6.08 Å². The average Bonchev–Trinajstić information content (AvgIpc) is 3.41. The number of aliphatic hydroxyl groups excluding tert-OH is 15. The highest BCUT2D eigenvalue weighted by Gasteiger charge is 2.56. The molecular weight excluding hydrogens is 1030 g/mol. The molecule has 4 saturated heterocycles. The van der Waals surface area contributed by atoms with Crippen molar-refractivity contribution >= 4 is 11.9 Å². The summed E-state index contributed by atoms with van der Waals surface area (Å²) >= 11 is 0. The number of ether oxygens (including phenoxy) is 9. The first-order valence-corrected chi connectivity index (χ1v) is 27.1. The Labute approximate surface area is 444 Å². The van der Waals surface area contributed by atoms with Crippen molar-refractivity contribution in [3.8, 4) is 0 Å². The van der Waals surface area contributed by atoms with Gasteiger partial charge in [0, 0.05) is 24.5 Å². The molecule has 77 heavy (non-hydrogen) atoms. The third-order valence-corrected chi connectivity index (χ3v) is 16.9. The van der Waals surface area contributed by atoms with Gasteiger partial charge in [-0.25, -0.2) is 9.59 Å². The van der Waals surface area contributed by atoms with Gasteiger partial charge in [-0.1, -0.05) is 12.2 Å². The molecule has 4 aliphatic heterocycles. The van der Waals surface area contributed by atoms with Crippen LogP contribution in [0.25, 0.3) is 0 Å². The Morgan fingerprint density at radius 3 is 1.74 bits per heavy atom. The van der Waals surface area contributed by atoms with E-state index < -0.39 is 196 Å². The fourth-order valence-corrected chi connectivity index (χ4v) is 12.3. The van der Waals surface area contributed by atoms with Crippen LogP contribution in [0.15, 0.2) is 24.3 Å². The lowest BCUT2D eigenvalue weighted by atomic mass is 9.72. The van der Waals surface area contributed by atoms with E-state index in [0.717, 1.165) is 6.08 Å². The van der Waals surface area contributed by atoms with Crippen LogP contribution in [0.5, 0.6) is 0 Å². The number of hydrogen-bond acceptors (Lipinski definition) is 26. The van der Waals surface area contributed by atoms with E-state index in [1.165, 1.54) is 19.1 Å². The summed E-state index contributed by atoms with van der Waals surface area (Å²) in [4.78, 5) is 26.0. The van der Waals surface area contributed by atoms with Gasteiger partial charge in [0.15, 0.2) is 31.1 Å². The van der Waals surface area contributed by atoms with E-state index in [2.05, 4.69) is 0 Å². The van der Waals surface area contributed by atoms with Gasteiger partial charge < -0.3 is 119 Å². The van der Waals surface area contributed by atoms with Crippen LogP contribution in [-0.4, -0.2) is 261 Å². The van der Waals surface area contributed by atoms with Gasteiger partial charge in [-0.15, -0.1) is 0 Å². The molecule has 11 unspecified atom stereocenters. The minimum absolute atomic E-state index is 0.0189. The van der Waals surface area contributed by atoms with E-state index in [4.69, 9.17) is 42.6 Å². The number of allylic oxidation sites excluding steroid dienone is 2. The van der Waals surface area contributed by atoms with Crippen molar-refractivity contribution in [2.75, 3.05) is 13.2 Å². The van der Waals surface area contributed by atoms with E-state index in [9.17, 15) is 86.2 Å². The predicted molar refractivity (Wildman–Crippen MR) is 255 cm³/mol. The van der Waals surface area contributed by atoms with Gasteiger partial charge in [0.05, 0.1) is 80.4 Å². The summed E-state index contributed by atoms with van der Waals surface area (Å²) in [6, 6.07) is 0. The topological polar surface area (TPSA) is 421 Å². The molecular formula is C51H80O26. The standard InChI is InChI=1S/C51H80O26/c1-20-46(76-36(59)11-6-22-4-9-27(55)28(56)12-22)43(66)45(68)49(70-20)69-19-35-40(63)41(64)44(67)50(75-35)73-33-17-26-31(71-47(33)23-13-29(57)38(61)30(58)14-23)15-25(54)16-32(26)72-51-48(42(65)39(62)34(18-52)74-51)77-37(60)10-5-21-2-7-24(53)8-3-21/h5-6,10-11,20-35,38-58,61-68H,2-4,7-9,12-19H2,1H3/t20-,21?,22?,23?,24?,25?,26?,27?,28?,29?,30?,31?,32?,33?,34+,35+,38?,39+,40+,41-,42-,43-,44+,45+,46-,47?,48+,49+,50+,51+/m0/s1. The molecule has 15 N–H and O–H groups in total. The summed E-state index contributed by atoms with van der Waals surface area (Å²) in [6.07, 6.45) is -27.9. The summed E-state index contributed by atoms with van der Waals surface area (Å²) in [6.45, 7) is 0.0269. The number of aliphatic hydroxyl groups is 15. The first-order valence-electron chi connectivity index (χ1n) is 27.1. The van der Waals surface area contributed by atoms with Gasteiger partial charge in [-0.2, -0.15) is 0 Å². The second-order valence-corrected chi connectivity index (χ2v) is 22.4. The molecule has 0 radical (unpaired) electrons. The maximum atomic E-state index is 13.2. The molecule has 26 heteroatoms. The maximum absolute atomic E-state index is 13.2. The van der Waals surface area contributed by atoms with Crippen LogP contribution in [0.2, 0.25) is 0 Å². The Hall–Kier alpha value is -2.46. The van der Waals surface area contributed by atoms with E-state index >= 15 is 0 Å². The SMILES string of the molecule is C[C@@H]1O[C@@H](OC[C@H]2O[C@@H](OC3CC4C(CC(O)CC4O[C@@H]4O[C@H](CO)[C@@H](O)[C@H](O)[C@H]4OC(=O)C=CC4CCC(O)CC4)OC3C3CC(O)C(O)C(O)C3)[C@H](O)[C@@H](O)[C@@H]2O)[C@H](O)[C@H](O)[C@H]1OC(=O)C=CC1CCC(O)C(O)C1. The second-order valence-electron chi connectivity index (χ2n) is 22.4. The van der Waals surface area contributed by atoms with Crippen LogP contribution < -0.4 is 0 Å². The molecule has 8 aliphatic rings. The number of carbonyl (C=O) groups excluding carboxylic acids is 2. The monoisotopic (exact) mass is 1110 g/mol. The zero-order chi connectivity index (χ0) is 55.6. The highest BCUT2D eigenvalue weighted by molar-refractivity contribution is 5.82. The number of rotatable bonds is 15. The molecule has 0 bridgehead atoms. The van der Waals surface area contributed by atoms with Gasteiger partial charge in [0.25, 0.3) is 0 Å². The first-order chi connectivity index (χ1) is 36.6. The van der Waals surface area contributed by atoms with Crippen molar-refractivity contribution in [3.63, 3.8) is 0 Å². The highest BCUT2D eigenvalue weighted by atomic mass is 16.7. The Bertz CT molecular complexity index is 1950. The van der Waals surface area contributed by atoms with E-state index in [1.807, 2.05) is 0 Å². The fourth-order valence-electron chi connectivity index (χ4n) is 12.3. The number of fused-ring (bicyclic) bond motifs is 1. The van der Waals surface area contributed by atoms with E-state index in [-0.39, 0.29) is 50.4 Å². The zero-order valence-corrected chi connectivity index (χ0v) is 42.7. The molecule has 8 fully saturated rings. The van der Waals surface area contributed by atoms with Gasteiger partial charge in [-0.3, -0.25) is 0 Å². The molecule has 0 aromatic heterocycles.